The van der Waals surface area contributed by atoms with E-state index in [1.807, 2.05) is 0 Å². The topological polar surface area (TPSA) is 89.3 Å². The van der Waals surface area contributed by atoms with E-state index in [0.29, 0.717) is 10.0 Å². The van der Waals surface area contributed by atoms with Crippen molar-refractivity contribution in [2.24, 2.45) is 0 Å². The van der Waals surface area contributed by atoms with Gasteiger partial charge in [0, 0.05) is 12.8 Å². The van der Waals surface area contributed by atoms with Crippen LogP contribution in [0.3, 0.4) is 0 Å². The number of para-hydroxylation sites is 1. The number of nitro benzene ring substituents is 1. The lowest BCUT2D eigenvalue weighted by Crippen LogP contribution is -2.08. The van der Waals surface area contributed by atoms with Crippen molar-refractivity contribution in [3.63, 3.8) is 0 Å². The number of hydrogen-bond donors (Lipinski definition) is 1. The summed E-state index contributed by atoms with van der Waals surface area (Å²) in [7, 11) is -3.74. The van der Waals surface area contributed by atoms with E-state index >= 15 is 0 Å². The molecule has 0 aliphatic heterocycles. The van der Waals surface area contributed by atoms with Crippen molar-refractivity contribution >= 4 is 37.1 Å². The van der Waals surface area contributed by atoms with Gasteiger partial charge in [0.2, 0.25) is 0 Å². The van der Waals surface area contributed by atoms with Gasteiger partial charge in [0.05, 0.1) is 9.40 Å². The van der Waals surface area contributed by atoms with E-state index in [0.717, 1.165) is 6.26 Å². The third-order valence-electron chi connectivity index (χ3n) is 3.05. The molecule has 2 aromatic rings. The Labute approximate surface area is 140 Å². The minimum atomic E-state index is -3.74. The minimum Gasteiger partial charge on any atom is -0.375 e. The molecular formula is C14H12BrFN2O4S. The van der Waals surface area contributed by atoms with Crippen LogP contribution in [0.2, 0.25) is 0 Å². The summed E-state index contributed by atoms with van der Waals surface area (Å²) in [6, 6.07) is 8.44. The van der Waals surface area contributed by atoms with Gasteiger partial charge in [-0.05, 0) is 45.8 Å². The summed E-state index contributed by atoms with van der Waals surface area (Å²) >= 11 is 3.04. The fourth-order valence-electron chi connectivity index (χ4n) is 2.00. The van der Waals surface area contributed by atoms with Crippen LogP contribution in [0.5, 0.6) is 0 Å². The van der Waals surface area contributed by atoms with Gasteiger partial charge in [-0.15, -0.1) is 0 Å². The maximum atomic E-state index is 13.5. The van der Waals surface area contributed by atoms with Crippen molar-refractivity contribution in [1.82, 2.24) is 0 Å². The van der Waals surface area contributed by atoms with Crippen LogP contribution in [-0.4, -0.2) is 19.6 Å². The van der Waals surface area contributed by atoms with Crippen molar-refractivity contribution in [3.05, 3.63) is 62.4 Å². The van der Waals surface area contributed by atoms with E-state index in [9.17, 15) is 22.9 Å². The number of anilines is 1. The quantitative estimate of drug-likeness (QED) is 0.610. The standard InChI is InChI=1S/C14H12BrFN2O4S/c1-23(21,22)13-4-2-3-12(14(13)18(19)20)17-8-9-5-6-10(15)11(16)7-9/h2-7,17H,8H2,1H3. The van der Waals surface area contributed by atoms with Crippen LogP contribution < -0.4 is 5.32 Å². The number of sulfone groups is 1. The Morgan fingerprint density at radius 3 is 2.57 bits per heavy atom. The summed E-state index contributed by atoms with van der Waals surface area (Å²) in [5.41, 5.74) is 0.0959. The van der Waals surface area contributed by atoms with Gasteiger partial charge in [-0.1, -0.05) is 12.1 Å². The van der Waals surface area contributed by atoms with E-state index in [1.165, 1.54) is 30.3 Å². The van der Waals surface area contributed by atoms with Crippen LogP contribution in [0.1, 0.15) is 5.56 Å². The van der Waals surface area contributed by atoms with Gasteiger partial charge in [-0.25, -0.2) is 12.8 Å². The molecule has 0 bridgehead atoms. The molecule has 2 aromatic carbocycles. The number of nitro groups is 1. The second-order valence-electron chi connectivity index (χ2n) is 4.78. The first-order valence-corrected chi connectivity index (χ1v) is 9.04. The molecular weight excluding hydrogens is 391 g/mol. The highest BCUT2D eigenvalue weighted by Crippen LogP contribution is 2.32. The summed E-state index contributed by atoms with van der Waals surface area (Å²) < 4.78 is 37.1. The summed E-state index contributed by atoms with van der Waals surface area (Å²) in [4.78, 5) is 10.1. The monoisotopic (exact) mass is 402 g/mol. The molecule has 0 saturated carbocycles. The van der Waals surface area contributed by atoms with Gasteiger partial charge in [0.15, 0.2) is 9.84 Å². The SMILES string of the molecule is CS(=O)(=O)c1cccc(NCc2ccc(Br)c(F)c2)c1[N+](=O)[O-]. The zero-order valence-corrected chi connectivity index (χ0v) is 14.3. The molecule has 1 N–H and O–H groups in total. The molecule has 6 nitrogen and oxygen atoms in total. The first-order valence-electron chi connectivity index (χ1n) is 6.35. The molecule has 0 aliphatic rings. The van der Waals surface area contributed by atoms with Crippen LogP contribution in [0, 0.1) is 15.9 Å². The van der Waals surface area contributed by atoms with Crippen molar-refractivity contribution < 1.29 is 17.7 Å². The van der Waals surface area contributed by atoms with Crippen molar-refractivity contribution in [1.29, 1.82) is 0 Å². The highest BCUT2D eigenvalue weighted by molar-refractivity contribution is 9.10. The molecule has 0 radical (unpaired) electrons. The van der Waals surface area contributed by atoms with Crippen LogP contribution in [0.4, 0.5) is 15.8 Å². The molecule has 0 spiro atoms. The third kappa shape index (κ3) is 4.05. The summed E-state index contributed by atoms with van der Waals surface area (Å²) in [6.45, 7) is 0.109. The Kier molecular flexibility index (Phi) is 5.00. The molecule has 23 heavy (non-hydrogen) atoms. The zero-order valence-electron chi connectivity index (χ0n) is 11.9. The molecule has 122 valence electrons. The molecule has 0 fully saturated rings. The number of hydrogen-bond acceptors (Lipinski definition) is 5. The van der Waals surface area contributed by atoms with Crippen molar-refractivity contribution in [3.8, 4) is 0 Å². The highest BCUT2D eigenvalue weighted by atomic mass is 79.9. The molecule has 0 amide bonds. The Hall–Kier alpha value is -2.00. The second kappa shape index (κ2) is 6.63. The fourth-order valence-corrected chi connectivity index (χ4v) is 3.11. The fraction of sp³-hybridized carbons (Fsp3) is 0.143. The van der Waals surface area contributed by atoms with Gasteiger partial charge in [0.25, 0.3) is 0 Å². The second-order valence-corrected chi connectivity index (χ2v) is 7.62. The first kappa shape index (κ1) is 17.4. The Morgan fingerprint density at radius 2 is 2.00 bits per heavy atom. The Bertz CT molecular complexity index is 871. The molecule has 2 rings (SSSR count). The average Bonchev–Trinajstić information content (AvgIpc) is 2.47. The van der Waals surface area contributed by atoms with E-state index in [-0.39, 0.29) is 17.1 Å². The molecule has 0 atom stereocenters. The first-order chi connectivity index (χ1) is 10.7. The number of halogens is 2. The maximum absolute atomic E-state index is 13.5. The van der Waals surface area contributed by atoms with Crippen molar-refractivity contribution in [2.75, 3.05) is 11.6 Å². The largest absolute Gasteiger partial charge is 0.375 e. The van der Waals surface area contributed by atoms with Crippen LogP contribution >= 0.6 is 15.9 Å². The molecule has 9 heteroatoms. The number of nitrogens with one attached hydrogen (secondary N) is 1. The lowest BCUT2D eigenvalue weighted by molar-refractivity contribution is -0.386. The summed E-state index contributed by atoms with van der Waals surface area (Å²) in [5, 5.41) is 14.0. The molecule has 0 unspecified atom stereocenters. The van der Waals surface area contributed by atoms with E-state index in [4.69, 9.17) is 0 Å². The number of nitrogens with zero attached hydrogens (tertiary/aromatic N) is 1. The summed E-state index contributed by atoms with van der Waals surface area (Å²) in [5.74, 6) is -0.455. The number of benzene rings is 2. The lowest BCUT2D eigenvalue weighted by Gasteiger charge is -2.10. The van der Waals surface area contributed by atoms with E-state index in [1.54, 1.807) is 6.07 Å². The van der Waals surface area contributed by atoms with Gasteiger partial charge < -0.3 is 5.32 Å². The molecule has 0 saturated heterocycles. The maximum Gasteiger partial charge on any atom is 0.310 e. The summed E-state index contributed by atoms with van der Waals surface area (Å²) in [6.07, 6.45) is 0.906. The Morgan fingerprint density at radius 1 is 1.30 bits per heavy atom. The van der Waals surface area contributed by atoms with Crippen LogP contribution in [-0.2, 0) is 16.4 Å². The normalized spacial score (nSPS) is 11.3. The van der Waals surface area contributed by atoms with Gasteiger partial charge in [-0.3, -0.25) is 10.1 Å². The Balaban J connectivity index is 2.36. The van der Waals surface area contributed by atoms with Gasteiger partial charge in [0.1, 0.15) is 16.4 Å². The van der Waals surface area contributed by atoms with Crippen LogP contribution in [0.25, 0.3) is 0 Å². The van der Waals surface area contributed by atoms with Gasteiger partial charge in [-0.2, -0.15) is 0 Å². The highest BCUT2D eigenvalue weighted by Gasteiger charge is 2.25. The van der Waals surface area contributed by atoms with Crippen LogP contribution in [0.15, 0.2) is 45.8 Å². The zero-order chi connectivity index (χ0) is 17.2. The minimum absolute atomic E-state index is 0.0567. The third-order valence-corrected chi connectivity index (χ3v) is 4.82. The molecule has 0 heterocycles. The lowest BCUT2D eigenvalue weighted by atomic mass is 10.2. The smallest absolute Gasteiger partial charge is 0.310 e. The average molecular weight is 403 g/mol. The predicted molar refractivity (Wildman–Crippen MR) is 87.6 cm³/mol. The van der Waals surface area contributed by atoms with E-state index < -0.39 is 26.3 Å². The van der Waals surface area contributed by atoms with E-state index in [2.05, 4.69) is 21.2 Å². The predicted octanol–water partition coefficient (Wildman–Crippen LogP) is 3.51. The molecule has 0 aliphatic carbocycles. The molecule has 0 aromatic heterocycles. The van der Waals surface area contributed by atoms with Crippen molar-refractivity contribution in [2.45, 2.75) is 11.4 Å². The van der Waals surface area contributed by atoms with Gasteiger partial charge >= 0.3 is 5.69 Å². The number of rotatable bonds is 5.